The van der Waals surface area contributed by atoms with Crippen molar-refractivity contribution in [3.05, 3.63) is 328 Å². The fraction of sp³-hybridized carbons (Fsp3) is 0.378. The van der Waals surface area contributed by atoms with Gasteiger partial charge >= 0.3 is 585 Å². The summed E-state index contributed by atoms with van der Waals surface area (Å²) in [5.41, 5.74) is 33.0. The number of hydrogen-bond acceptors (Lipinski definition) is 0. The monoisotopic (exact) mass is 1490 g/mol. The van der Waals surface area contributed by atoms with Gasteiger partial charge in [0.15, 0.2) is 0 Å². The van der Waals surface area contributed by atoms with Gasteiger partial charge in [0.05, 0.1) is 0 Å². The third-order valence-electron chi connectivity index (χ3n) is 26.8. The predicted octanol–water partition coefficient (Wildman–Crippen LogP) is 25.1. The van der Waals surface area contributed by atoms with Crippen LogP contribution in [0.2, 0.25) is 24.3 Å². The molecule has 8 aliphatic carbocycles. The molecule has 0 amide bonds. The standard InChI is InChI=1S/2C45H52Si.2ClH.Hf/c2*1-28-24-32(20-22-40(28)44(5,6)7)34-16-12-14-18-36-38(34)26-30(3)42(36)46(11)43-31(4)27-39-35(17-13-15-19-37(39)43)33-21-23-41(29(2)25-33)45(8,9)10;;;/h2*12-27,34-35,46H,1-11H3;2*1H;/q;;;;+2/p-2. The third-order valence-corrected chi connectivity index (χ3v) is 144. The van der Waals surface area contributed by atoms with Crippen LogP contribution in [0.1, 0.15) is 201 Å². The topological polar surface area (TPSA) is 0 Å². The molecule has 2 saturated heterocycles. The molecule has 4 aromatic carbocycles. The molecule has 0 bridgehead atoms. The second-order valence-corrected chi connectivity index (χ2v) is 89.6. The van der Waals surface area contributed by atoms with Crippen molar-refractivity contribution in [3.63, 3.8) is 0 Å². The number of allylic oxidation sites excluding steroid dienone is 32. The van der Waals surface area contributed by atoms with Crippen LogP contribution >= 0.6 is 17.2 Å². The van der Waals surface area contributed by atoms with Crippen LogP contribution < -0.4 is 0 Å². The van der Waals surface area contributed by atoms with Crippen LogP contribution in [0.15, 0.2) is 261 Å². The molecule has 2 aliphatic heterocycles. The summed E-state index contributed by atoms with van der Waals surface area (Å²) in [6.07, 6.45) is 50.2. The molecule has 0 nitrogen and oxygen atoms in total. The van der Waals surface area contributed by atoms with Gasteiger partial charge < -0.3 is 0 Å². The molecular formula is C90H104Cl2HfSi2. The minimum absolute atomic E-state index is 0.00897. The molecule has 2 heterocycles. The number of aryl methyl sites for hydroxylation is 4. The Hall–Kier alpha value is -5.40. The Labute approximate surface area is 580 Å². The third kappa shape index (κ3) is 7.66. The summed E-state index contributed by atoms with van der Waals surface area (Å²) in [4.78, 5) is 0. The summed E-state index contributed by atoms with van der Waals surface area (Å²) in [7, 11) is 18.1. The van der Waals surface area contributed by atoms with Gasteiger partial charge in [0, 0.05) is 0 Å². The minimum atomic E-state index is -7.85. The second kappa shape index (κ2) is 21.1. The quantitative estimate of drug-likeness (QED) is 0.179. The van der Waals surface area contributed by atoms with Gasteiger partial charge in [0.2, 0.25) is 0 Å². The van der Waals surface area contributed by atoms with Crippen molar-refractivity contribution in [1.82, 2.24) is 0 Å². The predicted molar refractivity (Wildman–Crippen MR) is 415 cm³/mol. The molecule has 0 N–H and O–H groups in total. The van der Waals surface area contributed by atoms with Crippen molar-refractivity contribution in [1.29, 1.82) is 0 Å². The Morgan fingerprint density at radius 1 is 0.316 bits per heavy atom. The van der Waals surface area contributed by atoms with Gasteiger partial charge in [-0.05, 0) is 0 Å². The molecule has 490 valence electrons. The van der Waals surface area contributed by atoms with E-state index in [2.05, 4.69) is 346 Å². The van der Waals surface area contributed by atoms with E-state index in [1.807, 2.05) is 0 Å². The zero-order valence-electron chi connectivity index (χ0n) is 61.2. The Morgan fingerprint density at radius 2 is 0.516 bits per heavy atom. The maximum absolute atomic E-state index is 11.6. The van der Waals surface area contributed by atoms with Crippen LogP contribution in [-0.4, -0.2) is 17.6 Å². The first kappa shape index (κ1) is 66.8. The van der Waals surface area contributed by atoms with Gasteiger partial charge in [0.25, 0.3) is 0 Å². The zero-order chi connectivity index (χ0) is 68.4. The Balaban J connectivity index is 1.17. The number of benzene rings is 4. The van der Waals surface area contributed by atoms with Crippen LogP contribution in [0.25, 0.3) is 0 Å². The molecule has 5 spiro atoms. The average Bonchev–Trinajstić information content (AvgIpc) is 1.52. The number of fused-ring (bicyclic) bond motifs is 8. The molecule has 4 aromatic rings. The number of halogens is 2. The van der Waals surface area contributed by atoms with E-state index >= 15 is 0 Å². The van der Waals surface area contributed by atoms with Gasteiger partial charge in [-0.2, -0.15) is 0 Å². The van der Waals surface area contributed by atoms with Gasteiger partial charge in [-0.15, -0.1) is 0 Å². The summed E-state index contributed by atoms with van der Waals surface area (Å²) in [6.45, 7) is 53.3. The van der Waals surface area contributed by atoms with Crippen molar-refractivity contribution in [2.75, 3.05) is 0 Å². The van der Waals surface area contributed by atoms with Crippen LogP contribution in [0, 0.1) is 27.7 Å². The van der Waals surface area contributed by atoms with Crippen molar-refractivity contribution >= 4 is 34.7 Å². The molecule has 0 radical (unpaired) electrons. The van der Waals surface area contributed by atoms with Crippen LogP contribution in [0.4, 0.5) is 0 Å². The Morgan fingerprint density at radius 3 is 0.695 bits per heavy atom. The van der Waals surface area contributed by atoms with E-state index in [1.165, 1.54) is 134 Å². The van der Waals surface area contributed by atoms with E-state index in [0.717, 1.165) is 0 Å². The summed E-state index contributed by atoms with van der Waals surface area (Å²) in [5, 5.41) is 0. The fourth-order valence-electron chi connectivity index (χ4n) is 24.8. The summed E-state index contributed by atoms with van der Waals surface area (Å²) in [6, 6.07) is 29.5. The first-order valence-corrected chi connectivity index (χ1v) is 56.5. The molecule has 2 fully saturated rings. The van der Waals surface area contributed by atoms with E-state index in [1.54, 1.807) is 0 Å². The summed E-state index contributed by atoms with van der Waals surface area (Å²) in [5.74, 6) is -0.0837. The fourth-order valence-corrected chi connectivity index (χ4v) is 196. The molecular weight excluding hydrogens is 1390 g/mol. The zero-order valence-corrected chi connectivity index (χ0v) is 68.6. The van der Waals surface area contributed by atoms with Crippen LogP contribution in [0.3, 0.4) is 0 Å². The Bertz CT molecular complexity index is 4100. The van der Waals surface area contributed by atoms with Crippen LogP contribution in [0.5, 0.6) is 0 Å². The van der Waals surface area contributed by atoms with E-state index < -0.39 is 43.4 Å². The van der Waals surface area contributed by atoms with Crippen molar-refractivity contribution in [2.24, 2.45) is 0 Å². The van der Waals surface area contributed by atoms with Crippen molar-refractivity contribution < 1.29 is 14.7 Å². The molecule has 5 heteroatoms. The van der Waals surface area contributed by atoms with E-state index in [4.69, 9.17) is 0 Å². The van der Waals surface area contributed by atoms with Gasteiger partial charge in [0.1, 0.15) is 0 Å². The first-order chi connectivity index (χ1) is 44.4. The summed E-state index contributed by atoms with van der Waals surface area (Å²) >= 11 is -7.85. The van der Waals surface area contributed by atoms with E-state index in [9.17, 15) is 17.2 Å². The Kier molecular flexibility index (Phi) is 14.8. The molecule has 95 heavy (non-hydrogen) atoms. The number of hydrogen-bond donors (Lipinski definition) is 0. The van der Waals surface area contributed by atoms with Crippen molar-refractivity contribution in [2.45, 2.75) is 208 Å². The van der Waals surface area contributed by atoms with Gasteiger partial charge in [-0.3, -0.25) is 0 Å². The average molecular weight is 1490 g/mol. The van der Waals surface area contributed by atoms with E-state index in [-0.39, 0.29) is 45.3 Å². The second-order valence-electron chi connectivity index (χ2n) is 35.2. The maximum atomic E-state index is 11.6. The van der Waals surface area contributed by atoms with Gasteiger partial charge in [-0.1, -0.05) is 0 Å². The van der Waals surface area contributed by atoms with Gasteiger partial charge in [-0.25, -0.2) is 0 Å². The SMILES string of the molecule is CC1=CC2=C(C=CC=CC2c2ccc(C(C)(C)C)c(C)c2)[C]12[SiH](C)[C]1(C(C)=CC3=C1C=CC=CC3c1ccc(C(C)(C)C)c(C)c1)[Hf]21([Cl])([Cl])[C]2(C(C)=CC3=C2C=CC=CC3c2ccc(C(C)(C)C)c(C)c2)[SiH](C)[C]12C(C)=CC1=C2C=CC=CC1c1ccc(C(C)(C)C)c(C)c1. The molecule has 10 aliphatic rings. The molecule has 14 rings (SSSR count). The normalized spacial score (nSPS) is 31.9. The number of rotatable bonds is 4. The molecule has 8 unspecified atom stereocenters. The summed E-state index contributed by atoms with van der Waals surface area (Å²) < 4.78 is -2.79. The molecule has 8 atom stereocenters. The molecule has 0 aromatic heterocycles. The van der Waals surface area contributed by atoms with E-state index in [0.29, 0.717) is 0 Å². The van der Waals surface area contributed by atoms with Crippen molar-refractivity contribution in [3.8, 4) is 0 Å². The van der Waals surface area contributed by atoms with Crippen LogP contribution in [-0.2, 0) is 36.3 Å². The first-order valence-electron chi connectivity index (χ1n) is 35.7. The molecule has 0 saturated carbocycles.